The fraction of sp³-hybridized carbons (Fsp3) is 0.750. The van der Waals surface area contributed by atoms with Gasteiger partial charge >= 0.3 is 0 Å². The van der Waals surface area contributed by atoms with E-state index in [9.17, 15) is 4.79 Å². The predicted molar refractivity (Wildman–Crippen MR) is 55.1 cm³/mol. The van der Waals surface area contributed by atoms with Crippen molar-refractivity contribution in [3.63, 3.8) is 0 Å². The van der Waals surface area contributed by atoms with Crippen molar-refractivity contribution >= 4 is 5.78 Å². The molecule has 1 aliphatic carbocycles. The van der Waals surface area contributed by atoms with E-state index in [0.29, 0.717) is 24.9 Å². The number of carbonyl (C=O) groups excluding carboxylic acids is 1. The van der Waals surface area contributed by atoms with Gasteiger partial charge in [0.25, 0.3) is 0 Å². The molecule has 0 amide bonds. The quantitative estimate of drug-likeness (QED) is 0.643. The van der Waals surface area contributed by atoms with Gasteiger partial charge in [-0.2, -0.15) is 0 Å². The second-order valence-electron chi connectivity index (χ2n) is 4.34. The lowest BCUT2D eigenvalue weighted by Gasteiger charge is -2.10. The van der Waals surface area contributed by atoms with Crippen LogP contribution in [0.1, 0.15) is 39.0 Å². The number of ketones is 1. The van der Waals surface area contributed by atoms with E-state index in [2.05, 4.69) is 6.92 Å². The van der Waals surface area contributed by atoms with Crippen LogP contribution in [0.5, 0.6) is 0 Å². The first-order chi connectivity index (χ1) is 6.83. The Labute approximate surface area is 85.3 Å². The summed E-state index contributed by atoms with van der Waals surface area (Å²) in [7, 11) is 0. The molecule has 1 heterocycles. The van der Waals surface area contributed by atoms with Crippen LogP contribution in [0.3, 0.4) is 0 Å². The Morgan fingerprint density at radius 3 is 2.93 bits per heavy atom. The molecule has 0 spiro atoms. The molecule has 14 heavy (non-hydrogen) atoms. The summed E-state index contributed by atoms with van der Waals surface area (Å²) >= 11 is 0. The molecule has 2 heteroatoms. The summed E-state index contributed by atoms with van der Waals surface area (Å²) < 4.78 is 5.26. The van der Waals surface area contributed by atoms with E-state index in [-0.39, 0.29) is 0 Å². The molecule has 0 saturated carbocycles. The van der Waals surface area contributed by atoms with Gasteiger partial charge < -0.3 is 4.74 Å². The standard InChI is InChI=1S/C12H18O2/c1-2-3-4-5-9-6-10-7-14-8-11(10)12(9)13/h9H,2-8H2,1H3. The number of rotatable bonds is 4. The summed E-state index contributed by atoms with van der Waals surface area (Å²) in [5, 5.41) is 0. The molecule has 2 rings (SSSR count). The van der Waals surface area contributed by atoms with Crippen molar-refractivity contribution < 1.29 is 9.53 Å². The highest BCUT2D eigenvalue weighted by Gasteiger charge is 2.34. The molecule has 2 nitrogen and oxygen atoms in total. The predicted octanol–water partition coefficient (Wildman–Crippen LogP) is 2.48. The van der Waals surface area contributed by atoms with Crippen LogP contribution in [-0.4, -0.2) is 19.0 Å². The molecule has 0 saturated heterocycles. The lowest BCUT2D eigenvalue weighted by Crippen LogP contribution is -2.13. The van der Waals surface area contributed by atoms with Gasteiger partial charge in [-0.05, 0) is 18.4 Å². The zero-order valence-corrected chi connectivity index (χ0v) is 8.84. The molecule has 78 valence electrons. The third-order valence-corrected chi connectivity index (χ3v) is 3.27. The molecule has 0 radical (unpaired) electrons. The smallest absolute Gasteiger partial charge is 0.164 e. The molecular weight excluding hydrogens is 176 g/mol. The van der Waals surface area contributed by atoms with Gasteiger partial charge in [0.05, 0.1) is 13.2 Å². The molecule has 0 bridgehead atoms. The summed E-state index contributed by atoms with van der Waals surface area (Å²) in [6.07, 6.45) is 5.76. The normalized spacial score (nSPS) is 26.1. The Balaban J connectivity index is 1.85. The Hall–Kier alpha value is -0.630. The van der Waals surface area contributed by atoms with Crippen molar-refractivity contribution in [3.8, 4) is 0 Å². The number of ether oxygens (including phenoxy) is 1. The van der Waals surface area contributed by atoms with E-state index >= 15 is 0 Å². The van der Waals surface area contributed by atoms with Crippen LogP contribution < -0.4 is 0 Å². The second kappa shape index (κ2) is 4.26. The zero-order valence-electron chi connectivity index (χ0n) is 8.84. The molecule has 0 N–H and O–H groups in total. The highest BCUT2D eigenvalue weighted by Crippen LogP contribution is 2.35. The summed E-state index contributed by atoms with van der Waals surface area (Å²) in [6.45, 7) is 3.49. The topological polar surface area (TPSA) is 26.3 Å². The number of hydrogen-bond acceptors (Lipinski definition) is 2. The number of carbonyl (C=O) groups is 1. The highest BCUT2D eigenvalue weighted by atomic mass is 16.5. The van der Waals surface area contributed by atoms with Gasteiger partial charge in [-0.15, -0.1) is 0 Å². The van der Waals surface area contributed by atoms with Gasteiger partial charge in [-0.3, -0.25) is 4.79 Å². The maximum Gasteiger partial charge on any atom is 0.164 e. The minimum absolute atomic E-state index is 0.301. The maximum atomic E-state index is 11.8. The lowest BCUT2D eigenvalue weighted by atomic mass is 9.96. The maximum absolute atomic E-state index is 11.8. The fourth-order valence-electron chi connectivity index (χ4n) is 2.40. The molecule has 0 fully saturated rings. The van der Waals surface area contributed by atoms with Gasteiger partial charge in [-0.1, -0.05) is 26.2 Å². The van der Waals surface area contributed by atoms with Crippen molar-refractivity contribution in [1.82, 2.24) is 0 Å². The van der Waals surface area contributed by atoms with Crippen LogP contribution in [0.4, 0.5) is 0 Å². The Morgan fingerprint density at radius 1 is 1.36 bits per heavy atom. The number of hydrogen-bond donors (Lipinski definition) is 0. The van der Waals surface area contributed by atoms with Crippen LogP contribution in [0.2, 0.25) is 0 Å². The highest BCUT2D eigenvalue weighted by molar-refractivity contribution is 6.01. The monoisotopic (exact) mass is 194 g/mol. The zero-order chi connectivity index (χ0) is 9.97. The first-order valence-electron chi connectivity index (χ1n) is 5.65. The molecule has 1 unspecified atom stereocenters. The van der Waals surface area contributed by atoms with Crippen molar-refractivity contribution in [2.24, 2.45) is 5.92 Å². The van der Waals surface area contributed by atoms with Gasteiger partial charge in [0.15, 0.2) is 5.78 Å². The Bertz CT molecular complexity index is 265. The average Bonchev–Trinajstić information content (AvgIpc) is 2.72. The molecule has 0 aromatic carbocycles. The molecular formula is C12H18O2. The lowest BCUT2D eigenvalue weighted by molar-refractivity contribution is -0.119. The summed E-state index contributed by atoms with van der Waals surface area (Å²) in [6, 6.07) is 0. The number of unbranched alkanes of at least 4 members (excludes halogenated alkanes) is 2. The van der Waals surface area contributed by atoms with Crippen molar-refractivity contribution in [1.29, 1.82) is 0 Å². The van der Waals surface area contributed by atoms with Crippen LogP contribution in [0.15, 0.2) is 11.1 Å². The molecule has 0 aromatic rings. The van der Waals surface area contributed by atoms with Gasteiger partial charge in [0.2, 0.25) is 0 Å². The van der Waals surface area contributed by atoms with Crippen molar-refractivity contribution in [2.75, 3.05) is 13.2 Å². The van der Waals surface area contributed by atoms with Gasteiger partial charge in [-0.25, -0.2) is 0 Å². The van der Waals surface area contributed by atoms with Crippen molar-refractivity contribution in [2.45, 2.75) is 39.0 Å². The third kappa shape index (κ3) is 1.76. The molecule has 0 aromatic heterocycles. The van der Waals surface area contributed by atoms with Crippen LogP contribution >= 0.6 is 0 Å². The van der Waals surface area contributed by atoms with E-state index in [1.54, 1.807) is 0 Å². The Kier molecular flexibility index (Phi) is 3.02. The van der Waals surface area contributed by atoms with Gasteiger partial charge in [0.1, 0.15) is 0 Å². The SMILES string of the molecule is CCCCCC1CC2=C(COC2)C1=O. The summed E-state index contributed by atoms with van der Waals surface area (Å²) in [4.78, 5) is 11.8. The summed E-state index contributed by atoms with van der Waals surface area (Å²) in [5.41, 5.74) is 2.29. The largest absolute Gasteiger partial charge is 0.372 e. The first-order valence-corrected chi connectivity index (χ1v) is 5.65. The van der Waals surface area contributed by atoms with Gasteiger partial charge in [0, 0.05) is 11.5 Å². The minimum atomic E-state index is 0.301. The van der Waals surface area contributed by atoms with Crippen molar-refractivity contribution in [3.05, 3.63) is 11.1 Å². The molecule has 1 atom stereocenters. The van der Waals surface area contributed by atoms with Crippen LogP contribution in [-0.2, 0) is 9.53 Å². The van der Waals surface area contributed by atoms with E-state index in [1.165, 1.54) is 24.8 Å². The molecule has 1 aliphatic heterocycles. The van der Waals surface area contributed by atoms with E-state index in [0.717, 1.165) is 18.4 Å². The first kappa shape index (κ1) is 9.91. The van der Waals surface area contributed by atoms with E-state index in [1.807, 2.05) is 0 Å². The van der Waals surface area contributed by atoms with Crippen LogP contribution in [0.25, 0.3) is 0 Å². The second-order valence-corrected chi connectivity index (χ2v) is 4.34. The Morgan fingerprint density at radius 2 is 2.21 bits per heavy atom. The van der Waals surface area contributed by atoms with E-state index in [4.69, 9.17) is 4.74 Å². The van der Waals surface area contributed by atoms with E-state index < -0.39 is 0 Å². The van der Waals surface area contributed by atoms with Crippen LogP contribution in [0, 0.1) is 5.92 Å². The average molecular weight is 194 g/mol. The number of Topliss-reactive ketones (excluding diaryl/α,β-unsaturated/α-hetero) is 1. The molecule has 2 aliphatic rings. The fourth-order valence-corrected chi connectivity index (χ4v) is 2.40. The minimum Gasteiger partial charge on any atom is -0.372 e. The third-order valence-electron chi connectivity index (χ3n) is 3.27. The summed E-state index contributed by atoms with van der Waals surface area (Å²) in [5.74, 6) is 0.684.